The Hall–Kier alpha value is -3.92. The number of hydrogen-bond donors (Lipinski definition) is 1. The number of aryl methyl sites for hydroxylation is 1. The topological polar surface area (TPSA) is 85.4 Å². The highest BCUT2D eigenvalue weighted by atomic mass is 35.5. The highest BCUT2D eigenvalue weighted by molar-refractivity contribution is 6.35. The number of aromatic nitrogens is 4. The highest BCUT2D eigenvalue weighted by Gasteiger charge is 2.29. The van der Waals surface area contributed by atoms with Gasteiger partial charge in [0, 0.05) is 17.8 Å². The molecule has 11 heteroatoms. The molecule has 0 amide bonds. The first-order chi connectivity index (χ1) is 21.8. The number of hydrogen-bond acceptors (Lipinski definition) is 5. The number of piperidine rings is 1. The van der Waals surface area contributed by atoms with Gasteiger partial charge in [-0.15, -0.1) is 0 Å². The third-order valence-corrected chi connectivity index (χ3v) is 9.03. The molecule has 234 valence electrons. The van der Waals surface area contributed by atoms with Gasteiger partial charge < -0.3 is 19.0 Å². The molecule has 5 aromatic rings. The van der Waals surface area contributed by atoms with Crippen LogP contribution in [0.1, 0.15) is 58.9 Å². The zero-order valence-corrected chi connectivity index (χ0v) is 26.4. The summed E-state index contributed by atoms with van der Waals surface area (Å²) in [5, 5.41) is 10.6. The van der Waals surface area contributed by atoms with Crippen LogP contribution in [-0.4, -0.2) is 48.2 Å². The molecule has 0 bridgehead atoms. The van der Waals surface area contributed by atoms with Crippen LogP contribution >= 0.6 is 23.2 Å². The quantitative estimate of drug-likeness (QED) is 0.157. The SMILES string of the molecule is CCn1cncc1Cn1c(CN2CCC([C@@H](F)c3cccc(COc4ccc(Cl)cc4Cl)c3)CC2)nc2ccc(C(=O)O)cc21. The largest absolute Gasteiger partial charge is 0.487 e. The van der Waals surface area contributed by atoms with Crippen LogP contribution in [-0.2, 0) is 26.2 Å². The Balaban J connectivity index is 1.12. The van der Waals surface area contributed by atoms with Crippen LogP contribution in [0, 0.1) is 5.92 Å². The molecule has 1 aliphatic heterocycles. The van der Waals surface area contributed by atoms with Crippen LogP contribution in [0.5, 0.6) is 5.75 Å². The van der Waals surface area contributed by atoms with Crippen LogP contribution in [0.4, 0.5) is 4.39 Å². The Kier molecular flexibility index (Phi) is 9.40. The molecular formula is C34H34Cl2FN5O3. The molecule has 0 spiro atoms. The van der Waals surface area contributed by atoms with Crippen LogP contribution in [0.3, 0.4) is 0 Å². The number of fused-ring (bicyclic) bond motifs is 1. The van der Waals surface area contributed by atoms with Gasteiger partial charge in [0.1, 0.15) is 24.4 Å². The Morgan fingerprint density at radius 1 is 1.09 bits per heavy atom. The lowest BCUT2D eigenvalue weighted by Crippen LogP contribution is -2.35. The summed E-state index contributed by atoms with van der Waals surface area (Å²) in [7, 11) is 0. The van der Waals surface area contributed by atoms with Crippen molar-refractivity contribution in [3.63, 3.8) is 0 Å². The fourth-order valence-electron chi connectivity index (χ4n) is 6.01. The van der Waals surface area contributed by atoms with Gasteiger partial charge in [0.05, 0.1) is 46.7 Å². The van der Waals surface area contributed by atoms with Gasteiger partial charge in [-0.25, -0.2) is 19.2 Å². The Morgan fingerprint density at radius 3 is 2.67 bits per heavy atom. The molecule has 0 saturated carbocycles. The maximum absolute atomic E-state index is 15.8. The summed E-state index contributed by atoms with van der Waals surface area (Å²) in [5.74, 6) is 0.304. The van der Waals surface area contributed by atoms with Crippen molar-refractivity contribution in [2.45, 2.75) is 52.2 Å². The van der Waals surface area contributed by atoms with Crippen molar-refractivity contribution in [1.82, 2.24) is 24.0 Å². The Bertz CT molecular complexity index is 1810. The van der Waals surface area contributed by atoms with Crippen molar-refractivity contribution in [3.05, 3.63) is 111 Å². The monoisotopic (exact) mass is 649 g/mol. The van der Waals surface area contributed by atoms with Crippen LogP contribution in [0.15, 0.2) is 73.2 Å². The number of ether oxygens (including phenoxy) is 1. The Morgan fingerprint density at radius 2 is 1.91 bits per heavy atom. The van der Waals surface area contributed by atoms with E-state index >= 15 is 4.39 Å². The maximum atomic E-state index is 15.8. The van der Waals surface area contributed by atoms with E-state index in [1.807, 2.05) is 30.5 Å². The third-order valence-electron chi connectivity index (χ3n) is 8.50. The number of benzene rings is 3. The third kappa shape index (κ3) is 7.01. The lowest BCUT2D eigenvalue weighted by atomic mass is 9.88. The van der Waals surface area contributed by atoms with Crippen LogP contribution < -0.4 is 4.74 Å². The number of nitrogens with zero attached hydrogens (tertiary/aromatic N) is 5. The van der Waals surface area contributed by atoms with Crippen molar-refractivity contribution in [1.29, 1.82) is 0 Å². The predicted octanol–water partition coefficient (Wildman–Crippen LogP) is 7.81. The van der Waals surface area contributed by atoms with Gasteiger partial charge in [0.25, 0.3) is 0 Å². The van der Waals surface area contributed by atoms with Gasteiger partial charge in [-0.1, -0.05) is 41.4 Å². The number of carboxylic acids is 1. The van der Waals surface area contributed by atoms with Crippen molar-refractivity contribution in [3.8, 4) is 5.75 Å². The summed E-state index contributed by atoms with van der Waals surface area (Å²) in [6, 6.07) is 17.6. The van der Waals surface area contributed by atoms with Gasteiger partial charge in [-0.3, -0.25) is 4.90 Å². The van der Waals surface area contributed by atoms with E-state index in [1.54, 1.807) is 42.7 Å². The molecule has 2 aromatic heterocycles. The molecule has 8 nitrogen and oxygen atoms in total. The predicted molar refractivity (Wildman–Crippen MR) is 173 cm³/mol. The molecule has 1 fully saturated rings. The van der Waals surface area contributed by atoms with E-state index in [0.717, 1.165) is 47.7 Å². The lowest BCUT2D eigenvalue weighted by molar-refractivity contribution is 0.0697. The summed E-state index contributed by atoms with van der Waals surface area (Å²) in [6.07, 6.45) is 3.98. The number of carboxylic acid groups (broad SMARTS) is 1. The van der Waals surface area contributed by atoms with Crippen LogP contribution in [0.25, 0.3) is 11.0 Å². The zero-order chi connectivity index (χ0) is 31.5. The first-order valence-electron chi connectivity index (χ1n) is 15.0. The second-order valence-corrected chi connectivity index (χ2v) is 12.3. The molecule has 6 rings (SSSR count). The minimum absolute atomic E-state index is 0.0982. The average molecular weight is 651 g/mol. The molecule has 3 heterocycles. The molecule has 0 aliphatic carbocycles. The second-order valence-electron chi connectivity index (χ2n) is 11.4. The molecule has 1 atom stereocenters. The summed E-state index contributed by atoms with van der Waals surface area (Å²) < 4.78 is 25.9. The van der Waals surface area contributed by atoms with E-state index in [0.29, 0.717) is 47.3 Å². The van der Waals surface area contributed by atoms with Crippen molar-refractivity contribution >= 4 is 40.2 Å². The smallest absolute Gasteiger partial charge is 0.335 e. The molecule has 3 aromatic carbocycles. The lowest BCUT2D eigenvalue weighted by Gasteiger charge is -2.33. The molecule has 0 radical (unpaired) electrons. The van der Waals surface area contributed by atoms with Gasteiger partial charge >= 0.3 is 5.97 Å². The number of imidazole rings is 2. The van der Waals surface area contributed by atoms with E-state index in [2.05, 4.69) is 25.9 Å². The first-order valence-corrected chi connectivity index (χ1v) is 15.8. The average Bonchev–Trinajstić information content (AvgIpc) is 3.64. The zero-order valence-electron chi connectivity index (χ0n) is 24.9. The first kappa shape index (κ1) is 31.1. The van der Waals surface area contributed by atoms with Gasteiger partial charge in [0.2, 0.25) is 0 Å². The van der Waals surface area contributed by atoms with E-state index in [-0.39, 0.29) is 18.1 Å². The molecule has 1 saturated heterocycles. The van der Waals surface area contributed by atoms with E-state index in [4.69, 9.17) is 32.9 Å². The summed E-state index contributed by atoms with van der Waals surface area (Å²) in [6.45, 7) is 5.69. The van der Waals surface area contributed by atoms with Crippen molar-refractivity contribution in [2.24, 2.45) is 5.92 Å². The normalized spacial score (nSPS) is 15.0. The van der Waals surface area contributed by atoms with E-state index in [1.165, 1.54) is 0 Å². The molecule has 1 aliphatic rings. The standard InChI is InChI=1S/C34H34Cl2FN5O3/c1-2-41-21-38-17-27(41)18-42-30-15-25(34(43)44)6-8-29(30)39-32(42)19-40-12-10-23(11-13-40)33(37)24-5-3-4-22(14-24)20-45-31-9-7-26(35)16-28(31)36/h3-9,14-17,21,23,33H,2,10-13,18-20H2,1H3,(H,43,44)/t33-/m1/s1. The number of aromatic carboxylic acids is 1. The summed E-state index contributed by atoms with van der Waals surface area (Å²) in [4.78, 5) is 23.2. The number of likely N-dealkylation sites (tertiary alicyclic amines) is 1. The number of carbonyl (C=O) groups is 1. The number of alkyl halides is 1. The molecule has 1 N–H and O–H groups in total. The molecule has 45 heavy (non-hydrogen) atoms. The minimum Gasteiger partial charge on any atom is -0.487 e. The minimum atomic E-state index is -1.08. The summed E-state index contributed by atoms with van der Waals surface area (Å²) >= 11 is 12.2. The van der Waals surface area contributed by atoms with Crippen molar-refractivity contribution in [2.75, 3.05) is 13.1 Å². The van der Waals surface area contributed by atoms with Crippen LogP contribution in [0.2, 0.25) is 10.0 Å². The van der Waals surface area contributed by atoms with Gasteiger partial charge in [0.15, 0.2) is 0 Å². The molecular weight excluding hydrogens is 616 g/mol. The van der Waals surface area contributed by atoms with Gasteiger partial charge in [-0.05, 0) is 92.4 Å². The summed E-state index contributed by atoms with van der Waals surface area (Å²) in [5.41, 5.74) is 4.28. The number of halogens is 3. The van der Waals surface area contributed by atoms with E-state index in [9.17, 15) is 9.90 Å². The fraction of sp³-hybridized carbons (Fsp3) is 0.324. The van der Waals surface area contributed by atoms with Crippen molar-refractivity contribution < 1.29 is 19.0 Å². The molecule has 0 unspecified atom stereocenters. The van der Waals surface area contributed by atoms with Gasteiger partial charge in [-0.2, -0.15) is 0 Å². The Labute approximate surface area is 271 Å². The highest BCUT2D eigenvalue weighted by Crippen LogP contribution is 2.35. The number of rotatable bonds is 11. The fourth-order valence-corrected chi connectivity index (χ4v) is 6.48. The van der Waals surface area contributed by atoms with E-state index < -0.39 is 12.1 Å². The second kappa shape index (κ2) is 13.6. The maximum Gasteiger partial charge on any atom is 0.335 e.